The van der Waals surface area contributed by atoms with Crippen LogP contribution >= 0.6 is 23.2 Å². The zero-order valence-corrected chi connectivity index (χ0v) is 20.1. The molecule has 0 saturated heterocycles. The number of hydrogen-bond acceptors (Lipinski definition) is 5. The van der Waals surface area contributed by atoms with Crippen molar-refractivity contribution in [2.45, 2.75) is 6.18 Å². The molecule has 0 spiro atoms. The first-order chi connectivity index (χ1) is 17.5. The summed E-state index contributed by atoms with van der Waals surface area (Å²) in [7, 11) is 0. The van der Waals surface area contributed by atoms with E-state index in [0.29, 0.717) is 22.3 Å². The molecule has 0 fully saturated rings. The molecule has 0 aliphatic rings. The summed E-state index contributed by atoms with van der Waals surface area (Å²) in [6.07, 6.45) is -3.44. The van der Waals surface area contributed by atoms with E-state index in [1.165, 1.54) is 24.4 Å². The minimum atomic E-state index is -4.60. The minimum absolute atomic E-state index is 0.211. The van der Waals surface area contributed by atoms with Crippen LogP contribution in [0.15, 0.2) is 71.8 Å². The molecule has 192 valence electrons. The first-order valence-corrected chi connectivity index (χ1v) is 11.1. The van der Waals surface area contributed by atoms with Crippen molar-refractivity contribution < 1.29 is 32.3 Å². The van der Waals surface area contributed by atoms with Gasteiger partial charge in [0.15, 0.2) is 6.61 Å². The molecule has 3 rings (SSSR count). The van der Waals surface area contributed by atoms with Crippen molar-refractivity contribution in [3.05, 3.63) is 87.9 Å². The number of nitrogens with zero attached hydrogens (tertiary/aromatic N) is 1. The second kappa shape index (κ2) is 12.2. The molecule has 0 unspecified atom stereocenters. The third-order valence-corrected chi connectivity index (χ3v) is 5.24. The van der Waals surface area contributed by atoms with Crippen LogP contribution in [0.4, 0.5) is 24.5 Å². The van der Waals surface area contributed by atoms with E-state index in [4.69, 9.17) is 27.9 Å². The van der Waals surface area contributed by atoms with Crippen LogP contribution in [0.2, 0.25) is 10.0 Å². The molecule has 13 heteroatoms. The van der Waals surface area contributed by atoms with Crippen LogP contribution in [0, 0.1) is 0 Å². The summed E-state index contributed by atoms with van der Waals surface area (Å²) in [5.74, 6) is -2.67. The summed E-state index contributed by atoms with van der Waals surface area (Å²) < 4.78 is 43.9. The fraction of sp³-hybridized carbons (Fsp3) is 0.0833. The predicted octanol–water partition coefficient (Wildman–Crippen LogP) is 5.12. The Morgan fingerprint density at radius 1 is 0.865 bits per heavy atom. The van der Waals surface area contributed by atoms with E-state index in [2.05, 4.69) is 15.7 Å². The van der Waals surface area contributed by atoms with Gasteiger partial charge in [0.25, 0.3) is 5.91 Å². The second-order valence-corrected chi connectivity index (χ2v) is 8.05. The smallest absolute Gasteiger partial charge is 0.416 e. The maximum absolute atomic E-state index is 12.8. The van der Waals surface area contributed by atoms with Crippen LogP contribution < -0.4 is 20.8 Å². The molecule has 0 aromatic heterocycles. The predicted molar refractivity (Wildman–Crippen MR) is 133 cm³/mol. The molecule has 0 aliphatic carbocycles. The SMILES string of the molecule is O=C(COc1ccccc1/C=N\NC(=O)C(=O)Nc1cccc(C(F)(F)F)c1)Nc1ccc(Cl)c(Cl)c1. The van der Waals surface area contributed by atoms with E-state index in [9.17, 15) is 27.6 Å². The molecule has 0 bridgehead atoms. The summed E-state index contributed by atoms with van der Waals surface area (Å²) in [5.41, 5.74) is 1.56. The van der Waals surface area contributed by atoms with E-state index < -0.39 is 29.5 Å². The number of hydrogen-bond donors (Lipinski definition) is 3. The Morgan fingerprint density at radius 3 is 2.32 bits per heavy atom. The number of halogens is 5. The number of rotatable bonds is 7. The zero-order valence-electron chi connectivity index (χ0n) is 18.6. The maximum atomic E-state index is 12.8. The van der Waals surface area contributed by atoms with Crippen molar-refractivity contribution in [2.75, 3.05) is 17.2 Å². The quantitative estimate of drug-likeness (QED) is 0.215. The Morgan fingerprint density at radius 2 is 1.59 bits per heavy atom. The number of ether oxygens (including phenoxy) is 1. The van der Waals surface area contributed by atoms with Gasteiger partial charge < -0.3 is 15.4 Å². The van der Waals surface area contributed by atoms with Gasteiger partial charge in [0.2, 0.25) is 0 Å². The summed E-state index contributed by atoms with van der Waals surface area (Å²) in [6.45, 7) is -0.364. The number of alkyl halides is 3. The van der Waals surface area contributed by atoms with Gasteiger partial charge in [-0.3, -0.25) is 14.4 Å². The summed E-state index contributed by atoms with van der Waals surface area (Å²) >= 11 is 11.8. The first-order valence-electron chi connectivity index (χ1n) is 10.3. The Balaban J connectivity index is 1.54. The Bertz CT molecular complexity index is 1350. The average Bonchev–Trinajstić information content (AvgIpc) is 2.85. The van der Waals surface area contributed by atoms with Crippen LogP contribution in [0.5, 0.6) is 5.75 Å². The van der Waals surface area contributed by atoms with Gasteiger partial charge >= 0.3 is 18.0 Å². The van der Waals surface area contributed by atoms with E-state index in [1.54, 1.807) is 30.3 Å². The number of anilines is 2. The summed E-state index contributed by atoms with van der Waals surface area (Å²) in [4.78, 5) is 36.2. The lowest BCUT2D eigenvalue weighted by molar-refractivity contribution is -0.137. The van der Waals surface area contributed by atoms with Gasteiger partial charge in [-0.1, -0.05) is 41.4 Å². The topological polar surface area (TPSA) is 109 Å². The molecule has 0 heterocycles. The number of amides is 3. The number of carbonyl (C=O) groups excluding carboxylic acids is 3. The van der Waals surface area contributed by atoms with Crippen molar-refractivity contribution in [3.8, 4) is 5.75 Å². The lowest BCUT2D eigenvalue weighted by Gasteiger charge is -2.10. The summed E-state index contributed by atoms with van der Waals surface area (Å²) in [6, 6.07) is 14.8. The minimum Gasteiger partial charge on any atom is -0.483 e. The van der Waals surface area contributed by atoms with Crippen molar-refractivity contribution in [1.29, 1.82) is 0 Å². The van der Waals surface area contributed by atoms with Gasteiger partial charge in [0.05, 0.1) is 21.8 Å². The normalized spacial score (nSPS) is 11.2. The standard InChI is InChI=1S/C24H17Cl2F3N4O4/c25-18-9-8-17(11-19(18)26)31-21(34)13-37-20-7-2-1-4-14(20)12-30-33-23(36)22(35)32-16-6-3-5-15(10-16)24(27,28)29/h1-12H,13H2,(H,31,34)(H,32,35)(H,33,36)/b30-12-. The highest BCUT2D eigenvalue weighted by molar-refractivity contribution is 6.42. The highest BCUT2D eigenvalue weighted by Gasteiger charge is 2.30. The van der Waals surface area contributed by atoms with E-state index >= 15 is 0 Å². The number of carbonyl (C=O) groups is 3. The Hall–Kier alpha value is -4.09. The highest BCUT2D eigenvalue weighted by Crippen LogP contribution is 2.30. The maximum Gasteiger partial charge on any atom is 0.416 e. The third kappa shape index (κ3) is 8.23. The molecule has 3 aromatic rings. The molecule has 37 heavy (non-hydrogen) atoms. The monoisotopic (exact) mass is 552 g/mol. The molecule has 3 amide bonds. The van der Waals surface area contributed by atoms with Crippen LogP contribution in [0.3, 0.4) is 0 Å². The van der Waals surface area contributed by atoms with Crippen molar-refractivity contribution in [2.24, 2.45) is 5.10 Å². The number of para-hydroxylation sites is 1. The third-order valence-electron chi connectivity index (χ3n) is 4.50. The van der Waals surface area contributed by atoms with Crippen molar-refractivity contribution >= 4 is 58.5 Å². The molecule has 3 N–H and O–H groups in total. The Labute approximate surface area is 218 Å². The average molecular weight is 553 g/mol. The highest BCUT2D eigenvalue weighted by atomic mass is 35.5. The van der Waals surface area contributed by atoms with Gasteiger partial charge in [-0.25, -0.2) is 5.43 Å². The molecule has 8 nitrogen and oxygen atoms in total. The van der Waals surface area contributed by atoms with Gasteiger partial charge in [0.1, 0.15) is 5.75 Å². The molecule has 0 atom stereocenters. The number of hydrazone groups is 1. The molecule has 3 aromatic carbocycles. The fourth-order valence-corrected chi connectivity index (χ4v) is 3.10. The zero-order chi connectivity index (χ0) is 27.0. The molecule has 0 radical (unpaired) electrons. The lowest BCUT2D eigenvalue weighted by Crippen LogP contribution is -2.32. The fourth-order valence-electron chi connectivity index (χ4n) is 2.81. The van der Waals surface area contributed by atoms with E-state index in [1.807, 2.05) is 5.43 Å². The van der Waals surface area contributed by atoms with Crippen LogP contribution in [0.1, 0.15) is 11.1 Å². The van der Waals surface area contributed by atoms with Gasteiger partial charge in [-0.2, -0.15) is 18.3 Å². The first kappa shape index (κ1) is 27.5. The largest absolute Gasteiger partial charge is 0.483 e. The van der Waals surface area contributed by atoms with Crippen LogP contribution in [0.25, 0.3) is 0 Å². The van der Waals surface area contributed by atoms with Crippen molar-refractivity contribution in [1.82, 2.24) is 5.43 Å². The molecule has 0 aliphatic heterocycles. The molecular weight excluding hydrogens is 536 g/mol. The van der Waals surface area contributed by atoms with Gasteiger partial charge in [0, 0.05) is 16.9 Å². The number of benzene rings is 3. The van der Waals surface area contributed by atoms with Crippen LogP contribution in [-0.2, 0) is 20.6 Å². The van der Waals surface area contributed by atoms with E-state index in [-0.39, 0.29) is 23.1 Å². The second-order valence-electron chi connectivity index (χ2n) is 7.24. The number of nitrogens with one attached hydrogen (secondary N) is 3. The Kier molecular flexibility index (Phi) is 9.10. The van der Waals surface area contributed by atoms with Gasteiger partial charge in [-0.15, -0.1) is 0 Å². The lowest BCUT2D eigenvalue weighted by atomic mass is 10.2. The molecule has 0 saturated carbocycles. The molecular formula is C24H17Cl2F3N4O4. The van der Waals surface area contributed by atoms with Gasteiger partial charge in [-0.05, 0) is 48.5 Å². The summed E-state index contributed by atoms with van der Waals surface area (Å²) in [5, 5.41) is 8.93. The van der Waals surface area contributed by atoms with E-state index in [0.717, 1.165) is 12.1 Å². The van der Waals surface area contributed by atoms with Crippen LogP contribution in [-0.4, -0.2) is 30.5 Å². The van der Waals surface area contributed by atoms with Crippen molar-refractivity contribution in [3.63, 3.8) is 0 Å².